The van der Waals surface area contributed by atoms with Gasteiger partial charge in [-0.25, -0.2) is 0 Å². The molecule has 2 N–H and O–H groups in total. The molecule has 0 fully saturated rings. The number of likely N-dealkylation sites (N-methyl/N-ethyl adjacent to an activating group) is 1. The molecule has 0 spiro atoms. The van der Waals surface area contributed by atoms with E-state index in [1.54, 1.807) is 7.11 Å². The number of hydrogen-bond acceptors (Lipinski definition) is 5. The van der Waals surface area contributed by atoms with Gasteiger partial charge in [-0.2, -0.15) is 0 Å². The third-order valence-electron chi connectivity index (χ3n) is 3.49. The summed E-state index contributed by atoms with van der Waals surface area (Å²) in [5.74, 6) is 1.81. The molecule has 110 valence electrons. The number of hydrogen-bond donors (Lipinski definition) is 2. The van der Waals surface area contributed by atoms with Gasteiger partial charge in [-0.05, 0) is 27.1 Å². The van der Waals surface area contributed by atoms with Gasteiger partial charge in [0.1, 0.15) is 5.75 Å². The smallest absolute Gasteiger partial charge is 0.191 e. The summed E-state index contributed by atoms with van der Waals surface area (Å²) in [7, 11) is 5.86. The Hall–Kier alpha value is -1.75. The lowest BCUT2D eigenvalue weighted by Crippen LogP contribution is -2.41. The van der Waals surface area contributed by atoms with Crippen molar-refractivity contribution in [1.29, 1.82) is 0 Å². The third kappa shape index (κ3) is 3.42. The lowest BCUT2D eigenvalue weighted by molar-refractivity contribution is 0.288. The van der Waals surface area contributed by atoms with Gasteiger partial charge in [0.25, 0.3) is 0 Å². The first kappa shape index (κ1) is 14.7. The van der Waals surface area contributed by atoms with E-state index in [-0.39, 0.29) is 6.04 Å². The molecule has 2 unspecified atom stereocenters. The van der Waals surface area contributed by atoms with Gasteiger partial charge in [-0.15, -0.1) is 0 Å². The van der Waals surface area contributed by atoms with Crippen LogP contribution in [0.3, 0.4) is 0 Å². The van der Waals surface area contributed by atoms with Crippen molar-refractivity contribution in [2.45, 2.75) is 19.0 Å². The predicted molar refractivity (Wildman–Crippen MR) is 82.3 cm³/mol. The van der Waals surface area contributed by atoms with E-state index in [4.69, 9.17) is 4.74 Å². The number of nitrogens with one attached hydrogen (secondary N) is 2. The second kappa shape index (κ2) is 6.61. The molecular weight excluding hydrogens is 252 g/mol. The SMILES string of the molecule is COc1ccccc1C(CNC1=NCC(C)N1)N(C)C. The van der Waals surface area contributed by atoms with Crippen LogP contribution in [0.4, 0.5) is 0 Å². The highest BCUT2D eigenvalue weighted by molar-refractivity contribution is 5.81. The molecular formula is C15H24N4O. The maximum Gasteiger partial charge on any atom is 0.191 e. The first-order chi connectivity index (χ1) is 9.61. The molecule has 2 rings (SSSR count). The third-order valence-corrected chi connectivity index (χ3v) is 3.49. The van der Waals surface area contributed by atoms with Crippen LogP contribution in [0.15, 0.2) is 29.3 Å². The maximum absolute atomic E-state index is 5.47. The summed E-state index contributed by atoms with van der Waals surface area (Å²) in [6, 6.07) is 8.79. The van der Waals surface area contributed by atoms with Crippen molar-refractivity contribution in [3.05, 3.63) is 29.8 Å². The number of ether oxygens (including phenoxy) is 1. The van der Waals surface area contributed by atoms with E-state index in [2.05, 4.69) is 47.6 Å². The minimum Gasteiger partial charge on any atom is -0.496 e. The summed E-state index contributed by atoms with van der Waals surface area (Å²) in [5.41, 5.74) is 1.18. The molecule has 5 heteroatoms. The number of nitrogens with zero attached hydrogens (tertiary/aromatic N) is 2. The molecule has 1 heterocycles. The number of para-hydroxylation sites is 1. The number of guanidine groups is 1. The highest BCUT2D eigenvalue weighted by atomic mass is 16.5. The van der Waals surface area contributed by atoms with E-state index in [1.807, 2.05) is 18.2 Å². The molecule has 0 saturated carbocycles. The molecule has 0 radical (unpaired) electrons. The van der Waals surface area contributed by atoms with Gasteiger partial charge < -0.3 is 20.3 Å². The van der Waals surface area contributed by atoms with Gasteiger partial charge in [-0.3, -0.25) is 4.99 Å². The molecule has 1 aliphatic heterocycles. The Labute approximate surface area is 121 Å². The Morgan fingerprint density at radius 1 is 1.45 bits per heavy atom. The highest BCUT2D eigenvalue weighted by Crippen LogP contribution is 2.27. The van der Waals surface area contributed by atoms with Gasteiger partial charge in [0.15, 0.2) is 5.96 Å². The van der Waals surface area contributed by atoms with Crippen LogP contribution in [0, 0.1) is 0 Å². The Balaban J connectivity index is 2.07. The zero-order valence-corrected chi connectivity index (χ0v) is 12.7. The van der Waals surface area contributed by atoms with Gasteiger partial charge in [0.05, 0.1) is 19.7 Å². The second-order valence-electron chi connectivity index (χ2n) is 5.34. The molecule has 20 heavy (non-hydrogen) atoms. The van der Waals surface area contributed by atoms with Crippen LogP contribution in [0.1, 0.15) is 18.5 Å². The van der Waals surface area contributed by atoms with Crippen LogP contribution >= 0.6 is 0 Å². The van der Waals surface area contributed by atoms with Gasteiger partial charge in [-0.1, -0.05) is 18.2 Å². The zero-order chi connectivity index (χ0) is 14.5. The van der Waals surface area contributed by atoms with Crippen LogP contribution < -0.4 is 15.4 Å². The Morgan fingerprint density at radius 3 is 2.80 bits per heavy atom. The molecule has 1 aromatic rings. The monoisotopic (exact) mass is 276 g/mol. The zero-order valence-electron chi connectivity index (χ0n) is 12.7. The van der Waals surface area contributed by atoms with E-state index >= 15 is 0 Å². The molecule has 0 bridgehead atoms. The molecule has 5 nitrogen and oxygen atoms in total. The molecule has 0 amide bonds. The minimum absolute atomic E-state index is 0.228. The van der Waals surface area contributed by atoms with Crippen molar-refractivity contribution >= 4 is 5.96 Å². The average Bonchev–Trinajstić information content (AvgIpc) is 2.85. The van der Waals surface area contributed by atoms with Crippen molar-refractivity contribution in [2.75, 3.05) is 34.3 Å². The van der Waals surface area contributed by atoms with E-state index in [9.17, 15) is 0 Å². The molecule has 0 saturated heterocycles. The van der Waals surface area contributed by atoms with Gasteiger partial charge in [0, 0.05) is 18.2 Å². The second-order valence-corrected chi connectivity index (χ2v) is 5.34. The minimum atomic E-state index is 0.228. The lowest BCUT2D eigenvalue weighted by Gasteiger charge is -2.27. The fraction of sp³-hybridized carbons (Fsp3) is 0.533. The predicted octanol–water partition coefficient (Wildman–Crippen LogP) is 1.24. The fourth-order valence-electron chi connectivity index (χ4n) is 2.37. The largest absolute Gasteiger partial charge is 0.496 e. The first-order valence-electron chi connectivity index (χ1n) is 6.96. The maximum atomic E-state index is 5.47. The van der Waals surface area contributed by atoms with E-state index in [1.165, 1.54) is 5.56 Å². The lowest BCUT2D eigenvalue weighted by atomic mass is 10.0. The molecule has 2 atom stereocenters. The van der Waals surface area contributed by atoms with Crippen LogP contribution in [0.2, 0.25) is 0 Å². The quantitative estimate of drug-likeness (QED) is 0.849. The molecule has 0 aliphatic carbocycles. The molecule has 1 aromatic carbocycles. The Morgan fingerprint density at radius 2 is 2.20 bits per heavy atom. The van der Waals surface area contributed by atoms with Crippen molar-refractivity contribution < 1.29 is 4.74 Å². The standard InChI is InChI=1S/C15H24N4O/c1-11-9-16-15(18-11)17-10-13(19(2)3)12-7-5-6-8-14(12)20-4/h5-8,11,13H,9-10H2,1-4H3,(H2,16,17,18). The number of methoxy groups -OCH3 is 1. The van der Waals surface area contributed by atoms with Crippen molar-refractivity contribution in [2.24, 2.45) is 4.99 Å². The van der Waals surface area contributed by atoms with Crippen LogP contribution in [0.25, 0.3) is 0 Å². The number of rotatable bonds is 5. The molecule has 1 aliphatic rings. The summed E-state index contributed by atoms with van der Waals surface area (Å²) in [4.78, 5) is 6.61. The normalized spacial score (nSPS) is 19.4. The summed E-state index contributed by atoms with van der Waals surface area (Å²) < 4.78 is 5.47. The Kier molecular flexibility index (Phi) is 4.84. The van der Waals surface area contributed by atoms with Gasteiger partial charge >= 0.3 is 0 Å². The summed E-state index contributed by atoms with van der Waals surface area (Å²) >= 11 is 0. The average molecular weight is 276 g/mol. The molecule has 0 aromatic heterocycles. The summed E-state index contributed by atoms with van der Waals surface area (Å²) in [5, 5.41) is 6.70. The van der Waals surface area contributed by atoms with E-state index in [0.717, 1.165) is 24.8 Å². The van der Waals surface area contributed by atoms with Crippen molar-refractivity contribution in [3.8, 4) is 5.75 Å². The van der Waals surface area contributed by atoms with Crippen LogP contribution in [0.5, 0.6) is 5.75 Å². The van der Waals surface area contributed by atoms with Crippen LogP contribution in [-0.2, 0) is 0 Å². The van der Waals surface area contributed by atoms with E-state index in [0.29, 0.717) is 6.04 Å². The summed E-state index contributed by atoms with van der Waals surface area (Å²) in [6.07, 6.45) is 0. The van der Waals surface area contributed by atoms with E-state index < -0.39 is 0 Å². The summed E-state index contributed by atoms with van der Waals surface area (Å²) in [6.45, 7) is 3.75. The fourth-order valence-corrected chi connectivity index (χ4v) is 2.37. The Bertz CT molecular complexity index is 473. The topological polar surface area (TPSA) is 48.9 Å². The van der Waals surface area contributed by atoms with Crippen molar-refractivity contribution in [3.63, 3.8) is 0 Å². The highest BCUT2D eigenvalue weighted by Gasteiger charge is 2.20. The number of aliphatic imine (C=N–C) groups is 1. The van der Waals surface area contributed by atoms with Gasteiger partial charge in [0.2, 0.25) is 0 Å². The number of benzene rings is 1. The van der Waals surface area contributed by atoms with Crippen LogP contribution in [-0.4, -0.2) is 51.2 Å². The van der Waals surface area contributed by atoms with Crippen molar-refractivity contribution in [1.82, 2.24) is 15.5 Å². The first-order valence-corrected chi connectivity index (χ1v) is 6.96.